The maximum atomic E-state index is 6.55. The van der Waals surface area contributed by atoms with Gasteiger partial charge in [0.05, 0.1) is 22.1 Å². The van der Waals surface area contributed by atoms with Gasteiger partial charge in [-0.1, -0.05) is 158 Å². The van der Waals surface area contributed by atoms with Crippen LogP contribution in [0.3, 0.4) is 0 Å². The normalized spacial score (nSPS) is 12.1. The standard InChI is InChI=1S/C50H29N3O/c1-2-12-30(13-3-1)31-22-24-33(25-23-31)48-46-40-20-10-11-21-43(40)54-49(46)52-50(51-48)53-41-28-26-32-14-4-5-15-34(32)45(41)47-42(53)29-27-39-37-18-7-6-16-35(37)36-17-8-9-19-38(36)44(39)47/h1-29H. The quantitative estimate of drug-likeness (QED) is 0.174. The van der Waals surface area contributed by atoms with Crippen molar-refractivity contribution in [3.05, 3.63) is 176 Å². The number of para-hydroxylation sites is 1. The fourth-order valence-electron chi connectivity index (χ4n) is 8.85. The summed E-state index contributed by atoms with van der Waals surface area (Å²) in [6.45, 7) is 0. The molecule has 3 aromatic heterocycles. The van der Waals surface area contributed by atoms with Crippen molar-refractivity contribution in [2.75, 3.05) is 0 Å². The molecule has 54 heavy (non-hydrogen) atoms. The van der Waals surface area contributed by atoms with E-state index < -0.39 is 0 Å². The van der Waals surface area contributed by atoms with Crippen LogP contribution in [0.15, 0.2) is 180 Å². The molecule has 0 N–H and O–H groups in total. The second-order valence-electron chi connectivity index (χ2n) is 14.1. The molecule has 0 atom stereocenters. The minimum atomic E-state index is 0.566. The largest absolute Gasteiger partial charge is 0.437 e. The van der Waals surface area contributed by atoms with E-state index >= 15 is 0 Å². The van der Waals surface area contributed by atoms with Gasteiger partial charge in [-0.05, 0) is 67.0 Å². The lowest BCUT2D eigenvalue weighted by Gasteiger charge is -2.13. The Morgan fingerprint density at radius 3 is 1.69 bits per heavy atom. The van der Waals surface area contributed by atoms with Crippen LogP contribution in [0.4, 0.5) is 0 Å². The highest BCUT2D eigenvalue weighted by molar-refractivity contribution is 6.37. The van der Waals surface area contributed by atoms with Crippen LogP contribution >= 0.6 is 0 Å². The summed E-state index contributed by atoms with van der Waals surface area (Å²) in [7, 11) is 0. The molecule has 12 aromatic rings. The monoisotopic (exact) mass is 687 g/mol. The summed E-state index contributed by atoms with van der Waals surface area (Å²) in [5, 5.41) is 14.1. The third kappa shape index (κ3) is 4.08. The van der Waals surface area contributed by atoms with Gasteiger partial charge in [0.2, 0.25) is 11.7 Å². The zero-order valence-corrected chi connectivity index (χ0v) is 29.0. The molecule has 0 aliphatic carbocycles. The van der Waals surface area contributed by atoms with Crippen molar-refractivity contribution in [2.24, 2.45) is 0 Å². The summed E-state index contributed by atoms with van der Waals surface area (Å²) in [4.78, 5) is 10.8. The molecular weight excluding hydrogens is 659 g/mol. The number of fused-ring (bicyclic) bond motifs is 15. The van der Waals surface area contributed by atoms with Gasteiger partial charge in [-0.2, -0.15) is 4.98 Å². The van der Waals surface area contributed by atoms with Crippen LogP contribution in [0.5, 0.6) is 0 Å². The molecule has 0 fully saturated rings. The average molecular weight is 688 g/mol. The highest BCUT2D eigenvalue weighted by atomic mass is 16.3. The first-order valence-electron chi connectivity index (χ1n) is 18.3. The van der Waals surface area contributed by atoms with Crippen molar-refractivity contribution in [1.29, 1.82) is 0 Å². The SMILES string of the molecule is c1ccc(-c2ccc(-c3nc(-n4c5ccc6ccccc6c5c5c6c7ccccc7c7ccccc7c6ccc54)nc4oc5ccccc5c34)cc2)cc1. The van der Waals surface area contributed by atoms with Crippen LogP contribution in [0.25, 0.3) is 115 Å². The number of aromatic nitrogens is 3. The minimum absolute atomic E-state index is 0.566. The molecule has 0 saturated heterocycles. The Labute approximate surface area is 309 Å². The molecule has 0 saturated carbocycles. The Bertz CT molecular complexity index is 3450. The maximum absolute atomic E-state index is 6.55. The zero-order chi connectivity index (χ0) is 35.3. The summed E-state index contributed by atoms with van der Waals surface area (Å²) >= 11 is 0. The first kappa shape index (κ1) is 29.3. The van der Waals surface area contributed by atoms with Gasteiger partial charge in [0, 0.05) is 27.1 Å². The van der Waals surface area contributed by atoms with E-state index in [1.807, 2.05) is 24.3 Å². The van der Waals surface area contributed by atoms with Crippen LogP contribution in [0.1, 0.15) is 0 Å². The van der Waals surface area contributed by atoms with Gasteiger partial charge in [-0.25, -0.2) is 4.98 Å². The molecule has 0 radical (unpaired) electrons. The molecular formula is C50H29N3O. The number of hydrogen-bond donors (Lipinski definition) is 0. The lowest BCUT2D eigenvalue weighted by atomic mass is 9.91. The molecule has 0 bridgehead atoms. The second kappa shape index (κ2) is 11.1. The van der Waals surface area contributed by atoms with E-state index in [-0.39, 0.29) is 0 Å². The van der Waals surface area contributed by atoms with Crippen LogP contribution < -0.4 is 0 Å². The van der Waals surface area contributed by atoms with Crippen molar-refractivity contribution >= 4 is 87.0 Å². The fraction of sp³-hybridized carbons (Fsp3) is 0. The zero-order valence-electron chi connectivity index (χ0n) is 29.0. The summed E-state index contributed by atoms with van der Waals surface area (Å²) in [5.74, 6) is 0.573. The number of hydrogen-bond acceptors (Lipinski definition) is 3. The molecule has 12 rings (SSSR count). The lowest BCUT2D eigenvalue weighted by molar-refractivity contribution is 0.651. The Kier molecular flexibility index (Phi) is 6.02. The first-order chi connectivity index (χ1) is 26.8. The molecule has 4 nitrogen and oxygen atoms in total. The van der Waals surface area contributed by atoms with Gasteiger partial charge in [-0.3, -0.25) is 4.57 Å². The Hall–Kier alpha value is -7.30. The van der Waals surface area contributed by atoms with Crippen LogP contribution in [0.2, 0.25) is 0 Å². The van der Waals surface area contributed by atoms with Crippen LogP contribution in [0, 0.1) is 0 Å². The highest BCUT2D eigenvalue weighted by Crippen LogP contribution is 2.45. The topological polar surface area (TPSA) is 43.9 Å². The summed E-state index contributed by atoms with van der Waals surface area (Å²) in [6, 6.07) is 62.6. The Morgan fingerprint density at radius 2 is 0.907 bits per heavy atom. The molecule has 0 aliphatic heterocycles. The summed E-state index contributed by atoms with van der Waals surface area (Å²) in [5.41, 5.74) is 7.63. The van der Waals surface area contributed by atoms with Gasteiger partial charge in [0.25, 0.3) is 0 Å². The number of nitrogens with zero attached hydrogens (tertiary/aromatic N) is 3. The van der Waals surface area contributed by atoms with E-state index in [1.54, 1.807) is 0 Å². The van der Waals surface area contributed by atoms with E-state index in [0.717, 1.165) is 44.2 Å². The predicted octanol–water partition coefficient (Wildman–Crippen LogP) is 13.4. The lowest BCUT2D eigenvalue weighted by Crippen LogP contribution is -2.03. The molecule has 0 aliphatic rings. The first-order valence-corrected chi connectivity index (χ1v) is 18.3. The van der Waals surface area contributed by atoms with E-state index in [0.29, 0.717) is 11.7 Å². The van der Waals surface area contributed by atoms with Crippen LogP contribution in [-0.2, 0) is 0 Å². The van der Waals surface area contributed by atoms with Crippen molar-refractivity contribution in [3.8, 4) is 28.3 Å². The molecule has 9 aromatic carbocycles. The van der Waals surface area contributed by atoms with Crippen molar-refractivity contribution in [3.63, 3.8) is 0 Å². The smallest absolute Gasteiger partial charge is 0.238 e. The van der Waals surface area contributed by atoms with Gasteiger partial charge in [0.1, 0.15) is 5.58 Å². The fourth-order valence-corrected chi connectivity index (χ4v) is 8.85. The van der Waals surface area contributed by atoms with Crippen LogP contribution in [-0.4, -0.2) is 14.5 Å². The van der Waals surface area contributed by atoms with E-state index in [4.69, 9.17) is 14.4 Å². The van der Waals surface area contributed by atoms with E-state index in [9.17, 15) is 0 Å². The van der Waals surface area contributed by atoms with Gasteiger partial charge in [-0.15, -0.1) is 0 Å². The molecule has 0 unspecified atom stereocenters. The van der Waals surface area contributed by atoms with Gasteiger partial charge < -0.3 is 4.42 Å². The third-order valence-electron chi connectivity index (χ3n) is 11.2. The molecule has 250 valence electrons. The number of furan rings is 1. The maximum Gasteiger partial charge on any atom is 0.238 e. The van der Waals surface area contributed by atoms with Crippen molar-refractivity contribution in [1.82, 2.24) is 14.5 Å². The molecule has 0 amide bonds. The molecule has 0 spiro atoms. The predicted molar refractivity (Wildman–Crippen MR) is 225 cm³/mol. The summed E-state index contributed by atoms with van der Waals surface area (Å²) < 4.78 is 8.80. The Morgan fingerprint density at radius 1 is 0.352 bits per heavy atom. The van der Waals surface area contributed by atoms with Gasteiger partial charge >= 0.3 is 0 Å². The summed E-state index contributed by atoms with van der Waals surface area (Å²) in [6.07, 6.45) is 0. The van der Waals surface area contributed by atoms with E-state index in [2.05, 4.69) is 156 Å². The Balaban J connectivity index is 1.23. The minimum Gasteiger partial charge on any atom is -0.437 e. The number of benzene rings is 9. The van der Waals surface area contributed by atoms with Crippen molar-refractivity contribution < 1.29 is 4.42 Å². The average Bonchev–Trinajstić information content (AvgIpc) is 3.80. The molecule has 3 heterocycles. The number of rotatable bonds is 3. The van der Waals surface area contributed by atoms with Crippen molar-refractivity contribution in [2.45, 2.75) is 0 Å². The molecule has 4 heteroatoms. The third-order valence-corrected chi connectivity index (χ3v) is 11.2. The van der Waals surface area contributed by atoms with Gasteiger partial charge in [0.15, 0.2) is 0 Å². The highest BCUT2D eigenvalue weighted by Gasteiger charge is 2.24. The van der Waals surface area contributed by atoms with E-state index in [1.165, 1.54) is 59.4 Å². The second-order valence-corrected chi connectivity index (χ2v) is 14.1.